The van der Waals surface area contributed by atoms with E-state index in [0.717, 1.165) is 44.5 Å². The van der Waals surface area contributed by atoms with E-state index in [9.17, 15) is 4.79 Å². The van der Waals surface area contributed by atoms with Gasteiger partial charge in [0, 0.05) is 19.2 Å². The molecular formula is C16H27N3O2. The lowest BCUT2D eigenvalue weighted by Gasteiger charge is -2.08. The molecule has 0 saturated carbocycles. The molecule has 1 atom stereocenters. The number of unbranched alkanes of at least 4 members (excludes halogenated alkanes) is 4. The molecule has 1 aliphatic heterocycles. The Morgan fingerprint density at radius 1 is 1.43 bits per heavy atom. The number of anilines is 1. The van der Waals surface area contributed by atoms with Crippen molar-refractivity contribution in [2.24, 2.45) is 0 Å². The highest BCUT2D eigenvalue weighted by Gasteiger charge is 2.16. The van der Waals surface area contributed by atoms with Crippen molar-refractivity contribution in [3.05, 3.63) is 12.4 Å². The second kappa shape index (κ2) is 8.82. The van der Waals surface area contributed by atoms with Gasteiger partial charge in [-0.3, -0.25) is 9.48 Å². The molecule has 0 aromatic carbocycles. The average molecular weight is 293 g/mol. The molecule has 1 amide bonds. The highest BCUT2D eigenvalue weighted by atomic mass is 16.5. The molecule has 2 heterocycles. The normalized spacial score (nSPS) is 18.0. The van der Waals surface area contributed by atoms with Crippen molar-refractivity contribution in [3.63, 3.8) is 0 Å². The molecule has 1 aliphatic rings. The summed E-state index contributed by atoms with van der Waals surface area (Å²) < 4.78 is 7.44. The topological polar surface area (TPSA) is 56.2 Å². The molecule has 21 heavy (non-hydrogen) atoms. The number of ether oxygens (including phenoxy) is 1. The predicted molar refractivity (Wildman–Crippen MR) is 83.2 cm³/mol. The zero-order chi connectivity index (χ0) is 14.9. The van der Waals surface area contributed by atoms with Gasteiger partial charge in [0.05, 0.1) is 24.5 Å². The van der Waals surface area contributed by atoms with E-state index in [0.29, 0.717) is 6.42 Å². The highest BCUT2D eigenvalue weighted by Crippen LogP contribution is 2.15. The number of rotatable bonds is 9. The Hall–Kier alpha value is -1.36. The fourth-order valence-corrected chi connectivity index (χ4v) is 2.64. The summed E-state index contributed by atoms with van der Waals surface area (Å²) in [6, 6.07) is 0. The molecule has 1 aromatic heterocycles. The van der Waals surface area contributed by atoms with Crippen LogP contribution in [0.2, 0.25) is 0 Å². The quantitative estimate of drug-likeness (QED) is 0.710. The number of hydrogen-bond donors (Lipinski definition) is 1. The first kappa shape index (κ1) is 16.0. The van der Waals surface area contributed by atoms with Crippen molar-refractivity contribution in [3.8, 4) is 0 Å². The number of carbonyl (C=O) groups is 1. The monoisotopic (exact) mass is 293 g/mol. The van der Waals surface area contributed by atoms with Gasteiger partial charge in [0.2, 0.25) is 5.91 Å². The molecular weight excluding hydrogens is 266 g/mol. The van der Waals surface area contributed by atoms with Crippen LogP contribution in [0.3, 0.4) is 0 Å². The van der Waals surface area contributed by atoms with Crippen LogP contribution in [0.5, 0.6) is 0 Å². The lowest BCUT2D eigenvalue weighted by atomic mass is 10.1. The van der Waals surface area contributed by atoms with Crippen LogP contribution >= 0.6 is 0 Å². The van der Waals surface area contributed by atoms with Crippen LogP contribution in [0.4, 0.5) is 5.69 Å². The Morgan fingerprint density at radius 2 is 2.29 bits per heavy atom. The summed E-state index contributed by atoms with van der Waals surface area (Å²) in [6.07, 6.45) is 12.5. The smallest absolute Gasteiger partial charge is 0.224 e. The summed E-state index contributed by atoms with van der Waals surface area (Å²) in [4.78, 5) is 11.8. The third-order valence-corrected chi connectivity index (χ3v) is 3.84. The van der Waals surface area contributed by atoms with Crippen molar-refractivity contribution in [1.29, 1.82) is 0 Å². The SMILES string of the molecule is CCCCCCCC(=O)Nc1cnn(CC2CCCO2)c1. The Kier molecular flexibility index (Phi) is 6.73. The lowest BCUT2D eigenvalue weighted by Crippen LogP contribution is -2.15. The number of nitrogens with one attached hydrogen (secondary N) is 1. The van der Waals surface area contributed by atoms with Crippen molar-refractivity contribution in [2.45, 2.75) is 70.9 Å². The van der Waals surface area contributed by atoms with Crippen molar-refractivity contribution >= 4 is 11.6 Å². The first-order valence-corrected chi connectivity index (χ1v) is 8.22. The molecule has 1 unspecified atom stereocenters. The molecule has 1 saturated heterocycles. The van der Waals surface area contributed by atoms with Crippen LogP contribution in [-0.2, 0) is 16.1 Å². The van der Waals surface area contributed by atoms with E-state index in [1.165, 1.54) is 19.3 Å². The molecule has 1 aromatic rings. The van der Waals surface area contributed by atoms with Gasteiger partial charge in [0.25, 0.3) is 0 Å². The summed E-state index contributed by atoms with van der Waals surface area (Å²) in [5.74, 6) is 0.0863. The van der Waals surface area contributed by atoms with E-state index in [-0.39, 0.29) is 12.0 Å². The molecule has 1 fully saturated rings. The largest absolute Gasteiger partial charge is 0.376 e. The molecule has 0 spiro atoms. The second-order valence-electron chi connectivity index (χ2n) is 5.80. The van der Waals surface area contributed by atoms with Gasteiger partial charge < -0.3 is 10.1 Å². The van der Waals surface area contributed by atoms with E-state index < -0.39 is 0 Å². The van der Waals surface area contributed by atoms with Crippen molar-refractivity contribution in [1.82, 2.24) is 9.78 Å². The van der Waals surface area contributed by atoms with Crippen LogP contribution in [0, 0.1) is 0 Å². The number of hydrogen-bond acceptors (Lipinski definition) is 3. The van der Waals surface area contributed by atoms with Gasteiger partial charge in [-0.25, -0.2) is 0 Å². The molecule has 1 N–H and O–H groups in total. The highest BCUT2D eigenvalue weighted by molar-refractivity contribution is 5.90. The maximum absolute atomic E-state index is 11.8. The van der Waals surface area contributed by atoms with E-state index in [2.05, 4.69) is 17.3 Å². The molecule has 0 bridgehead atoms. The molecule has 0 radical (unpaired) electrons. The van der Waals surface area contributed by atoms with Gasteiger partial charge in [-0.05, 0) is 19.3 Å². The van der Waals surface area contributed by atoms with E-state index >= 15 is 0 Å². The second-order valence-corrected chi connectivity index (χ2v) is 5.80. The summed E-state index contributed by atoms with van der Waals surface area (Å²) in [5.41, 5.74) is 0.784. The number of carbonyl (C=O) groups excluding carboxylic acids is 1. The van der Waals surface area contributed by atoms with E-state index in [1.54, 1.807) is 6.20 Å². The Bertz CT molecular complexity index is 425. The predicted octanol–water partition coefficient (Wildman–Crippen LogP) is 3.36. The van der Waals surface area contributed by atoms with Crippen LogP contribution in [0.25, 0.3) is 0 Å². The van der Waals surface area contributed by atoms with Crippen molar-refractivity contribution < 1.29 is 9.53 Å². The number of nitrogens with zero attached hydrogens (tertiary/aromatic N) is 2. The number of aromatic nitrogens is 2. The van der Waals surface area contributed by atoms with Crippen LogP contribution in [0.1, 0.15) is 58.3 Å². The first-order chi connectivity index (χ1) is 10.3. The minimum Gasteiger partial charge on any atom is -0.376 e. The van der Waals surface area contributed by atoms with Gasteiger partial charge in [-0.2, -0.15) is 5.10 Å². The van der Waals surface area contributed by atoms with Gasteiger partial charge in [-0.1, -0.05) is 32.6 Å². The van der Waals surface area contributed by atoms with Gasteiger partial charge in [0.15, 0.2) is 0 Å². The average Bonchev–Trinajstić information content (AvgIpc) is 3.11. The number of amides is 1. The summed E-state index contributed by atoms with van der Waals surface area (Å²) in [6.45, 7) is 3.82. The summed E-state index contributed by atoms with van der Waals surface area (Å²) in [7, 11) is 0. The Balaban J connectivity index is 1.65. The van der Waals surface area contributed by atoms with Gasteiger partial charge in [0.1, 0.15) is 0 Å². The van der Waals surface area contributed by atoms with Crippen LogP contribution < -0.4 is 5.32 Å². The summed E-state index contributed by atoms with van der Waals surface area (Å²) >= 11 is 0. The third kappa shape index (κ3) is 5.87. The van der Waals surface area contributed by atoms with Gasteiger partial charge >= 0.3 is 0 Å². The Labute approximate surface area is 127 Å². The zero-order valence-corrected chi connectivity index (χ0v) is 13.0. The van der Waals surface area contributed by atoms with E-state index in [4.69, 9.17) is 4.74 Å². The van der Waals surface area contributed by atoms with Crippen LogP contribution in [0.15, 0.2) is 12.4 Å². The fourth-order valence-electron chi connectivity index (χ4n) is 2.64. The molecule has 5 heteroatoms. The van der Waals surface area contributed by atoms with Crippen LogP contribution in [-0.4, -0.2) is 28.4 Å². The van der Waals surface area contributed by atoms with Gasteiger partial charge in [-0.15, -0.1) is 0 Å². The zero-order valence-electron chi connectivity index (χ0n) is 13.0. The first-order valence-electron chi connectivity index (χ1n) is 8.22. The molecule has 5 nitrogen and oxygen atoms in total. The standard InChI is InChI=1S/C16H27N3O2/c1-2-3-4-5-6-9-16(20)18-14-11-17-19(12-14)13-15-8-7-10-21-15/h11-12,15H,2-10,13H2,1H3,(H,18,20). The summed E-state index contributed by atoms with van der Waals surface area (Å²) in [5, 5.41) is 7.19. The Morgan fingerprint density at radius 3 is 3.05 bits per heavy atom. The lowest BCUT2D eigenvalue weighted by molar-refractivity contribution is -0.116. The minimum atomic E-state index is 0.0863. The third-order valence-electron chi connectivity index (χ3n) is 3.84. The molecule has 2 rings (SSSR count). The molecule has 0 aliphatic carbocycles. The van der Waals surface area contributed by atoms with E-state index in [1.807, 2.05) is 10.9 Å². The fraction of sp³-hybridized carbons (Fsp3) is 0.750. The maximum Gasteiger partial charge on any atom is 0.224 e. The van der Waals surface area contributed by atoms with Crippen molar-refractivity contribution in [2.75, 3.05) is 11.9 Å². The minimum absolute atomic E-state index is 0.0863. The maximum atomic E-state index is 11.8. The molecule has 118 valence electrons.